The molecule has 0 fully saturated rings. The van der Waals surface area contributed by atoms with E-state index in [4.69, 9.17) is 16.3 Å². The maximum atomic E-state index is 13.4. The van der Waals surface area contributed by atoms with Gasteiger partial charge in [-0.3, -0.25) is 14.9 Å². The number of benzene rings is 3. The molecule has 8 nitrogen and oxygen atoms in total. The Labute approximate surface area is 219 Å². The van der Waals surface area contributed by atoms with Crippen LogP contribution in [0.5, 0.6) is 5.75 Å². The fourth-order valence-electron chi connectivity index (χ4n) is 3.59. The second-order valence-electron chi connectivity index (χ2n) is 8.34. The van der Waals surface area contributed by atoms with E-state index in [9.17, 15) is 28.1 Å². The predicted molar refractivity (Wildman–Crippen MR) is 138 cm³/mol. The molecule has 1 aromatic heterocycles. The summed E-state index contributed by atoms with van der Waals surface area (Å²) in [6.45, 7) is 3.59. The van der Waals surface area contributed by atoms with Crippen molar-refractivity contribution in [1.29, 1.82) is 0 Å². The Morgan fingerprint density at radius 1 is 1.18 bits per heavy atom. The number of fused-ring (bicyclic) bond motifs is 1. The normalized spacial score (nSPS) is 12.7. The fraction of sp³-hybridized carbons (Fsp3) is 0.192. The lowest BCUT2D eigenvalue weighted by Gasteiger charge is -2.14. The average molecular weight is 545 g/mol. The monoisotopic (exact) mass is 544 g/mol. The molecule has 196 valence electrons. The van der Waals surface area contributed by atoms with Crippen molar-refractivity contribution in [2.75, 3.05) is 0 Å². The molecule has 4 aromatic rings. The molecule has 1 atom stereocenters. The summed E-state index contributed by atoms with van der Waals surface area (Å²) < 4.78 is 46.6. The Bertz CT molecular complexity index is 1620. The van der Waals surface area contributed by atoms with Gasteiger partial charge in [0.05, 0.1) is 38.7 Å². The van der Waals surface area contributed by atoms with Gasteiger partial charge in [-0.15, -0.1) is 0 Å². The van der Waals surface area contributed by atoms with E-state index >= 15 is 0 Å². The van der Waals surface area contributed by atoms with E-state index in [2.05, 4.69) is 10.1 Å². The van der Waals surface area contributed by atoms with Crippen LogP contribution in [-0.4, -0.2) is 26.9 Å². The molecule has 12 heteroatoms. The van der Waals surface area contributed by atoms with Gasteiger partial charge in [0, 0.05) is 17.2 Å². The van der Waals surface area contributed by atoms with Crippen LogP contribution < -0.4 is 10.3 Å². The molecule has 3 aromatic carbocycles. The number of halogens is 4. The standard InChI is InChI=1S/C26H20ClF3N4O4/c1-3-15(2)38-23-20(27)11-16(12-22(23)34(36)37)14-31-33-24(17-7-6-8-18(13-17)26(28,29)30)32-21-10-5-4-9-19(21)25(33)35/h4-15H,3H2,1-2H3/t15-/m1/s1. The lowest BCUT2D eigenvalue weighted by Crippen LogP contribution is -2.20. The summed E-state index contributed by atoms with van der Waals surface area (Å²) in [4.78, 5) is 28.7. The van der Waals surface area contributed by atoms with Gasteiger partial charge >= 0.3 is 11.9 Å². The summed E-state index contributed by atoms with van der Waals surface area (Å²) in [5, 5.41) is 16.0. The predicted octanol–water partition coefficient (Wildman–Crippen LogP) is 6.70. The molecule has 0 bridgehead atoms. The van der Waals surface area contributed by atoms with E-state index < -0.39 is 27.9 Å². The van der Waals surface area contributed by atoms with Gasteiger partial charge < -0.3 is 4.74 Å². The van der Waals surface area contributed by atoms with Gasteiger partial charge in [0.1, 0.15) is 0 Å². The zero-order valence-corrected chi connectivity index (χ0v) is 20.8. The molecule has 0 radical (unpaired) electrons. The van der Waals surface area contributed by atoms with Crippen LogP contribution in [0.1, 0.15) is 31.4 Å². The summed E-state index contributed by atoms with van der Waals surface area (Å²) in [5.41, 5.74) is -1.54. The number of alkyl halides is 3. The van der Waals surface area contributed by atoms with Gasteiger partial charge in [-0.1, -0.05) is 42.8 Å². The fourth-order valence-corrected chi connectivity index (χ4v) is 3.85. The van der Waals surface area contributed by atoms with E-state index in [1.54, 1.807) is 25.1 Å². The van der Waals surface area contributed by atoms with Crippen molar-refractivity contribution in [1.82, 2.24) is 9.66 Å². The molecule has 0 saturated carbocycles. The van der Waals surface area contributed by atoms with Gasteiger partial charge in [0.2, 0.25) is 5.75 Å². The molecule has 0 aliphatic rings. The number of rotatable bonds is 7. The van der Waals surface area contributed by atoms with Gasteiger partial charge in [0.25, 0.3) is 5.56 Å². The molecule has 0 saturated heterocycles. The summed E-state index contributed by atoms with van der Waals surface area (Å²) in [6.07, 6.45) is -3.22. The second kappa shape index (κ2) is 10.6. The Morgan fingerprint density at radius 2 is 1.92 bits per heavy atom. The third-order valence-corrected chi connectivity index (χ3v) is 5.94. The van der Waals surface area contributed by atoms with E-state index in [0.717, 1.165) is 23.0 Å². The number of hydrogen-bond donors (Lipinski definition) is 0. The number of hydrogen-bond acceptors (Lipinski definition) is 6. The third kappa shape index (κ3) is 5.52. The van der Waals surface area contributed by atoms with Crippen LogP contribution in [0.2, 0.25) is 5.02 Å². The van der Waals surface area contributed by atoms with Gasteiger partial charge in [-0.2, -0.15) is 22.9 Å². The average Bonchev–Trinajstić information content (AvgIpc) is 2.88. The van der Waals surface area contributed by atoms with Gasteiger partial charge in [0.15, 0.2) is 5.82 Å². The largest absolute Gasteiger partial charge is 0.483 e. The van der Waals surface area contributed by atoms with Gasteiger partial charge in [-0.25, -0.2) is 4.98 Å². The maximum absolute atomic E-state index is 13.4. The van der Waals surface area contributed by atoms with E-state index in [0.29, 0.717) is 6.42 Å². The number of aromatic nitrogens is 2. The van der Waals surface area contributed by atoms with Crippen LogP contribution >= 0.6 is 11.6 Å². The molecule has 1 heterocycles. The Hall–Kier alpha value is -4.25. The van der Waals surface area contributed by atoms with Gasteiger partial charge in [-0.05, 0) is 43.7 Å². The van der Waals surface area contributed by atoms with Crippen molar-refractivity contribution in [2.24, 2.45) is 5.10 Å². The minimum Gasteiger partial charge on any atom is -0.483 e. The first-order chi connectivity index (χ1) is 18.0. The zero-order chi connectivity index (χ0) is 27.6. The highest BCUT2D eigenvalue weighted by Gasteiger charge is 2.31. The minimum absolute atomic E-state index is 0.00106. The Balaban J connectivity index is 1.88. The molecular weight excluding hydrogens is 525 g/mol. The third-order valence-electron chi connectivity index (χ3n) is 5.66. The van der Waals surface area contributed by atoms with Crippen molar-refractivity contribution in [2.45, 2.75) is 32.5 Å². The number of nitrogens with zero attached hydrogens (tertiary/aromatic N) is 4. The SMILES string of the molecule is CC[C@@H](C)Oc1c(Cl)cc(C=Nn2c(-c3cccc(C(F)(F)F)c3)nc3ccccc3c2=O)cc1[N+](=O)[O-]. The number of nitro benzene ring substituents is 1. The highest BCUT2D eigenvalue weighted by atomic mass is 35.5. The quantitative estimate of drug-likeness (QED) is 0.146. The summed E-state index contributed by atoms with van der Waals surface area (Å²) in [6, 6.07) is 13.2. The summed E-state index contributed by atoms with van der Waals surface area (Å²) in [7, 11) is 0. The van der Waals surface area contributed by atoms with Crippen LogP contribution in [0.15, 0.2) is 70.6 Å². The van der Waals surface area contributed by atoms with E-state index in [1.165, 1.54) is 30.3 Å². The molecule has 0 aliphatic heterocycles. The molecular formula is C26H20ClF3N4O4. The minimum atomic E-state index is -4.62. The van der Waals surface area contributed by atoms with Crippen LogP contribution in [0.25, 0.3) is 22.3 Å². The Kier molecular flexibility index (Phi) is 7.49. The molecule has 38 heavy (non-hydrogen) atoms. The van der Waals surface area contributed by atoms with Crippen molar-refractivity contribution in [3.8, 4) is 17.1 Å². The summed E-state index contributed by atoms with van der Waals surface area (Å²) >= 11 is 6.28. The lowest BCUT2D eigenvalue weighted by atomic mass is 10.1. The molecule has 0 N–H and O–H groups in total. The first kappa shape index (κ1) is 26.8. The smallest absolute Gasteiger partial charge is 0.416 e. The van der Waals surface area contributed by atoms with E-state index in [1.807, 2.05) is 6.92 Å². The molecule has 0 spiro atoms. The zero-order valence-electron chi connectivity index (χ0n) is 20.1. The molecule has 0 unspecified atom stereocenters. The number of para-hydroxylation sites is 1. The summed E-state index contributed by atoms with van der Waals surface area (Å²) in [5.74, 6) is -0.245. The molecule has 0 amide bonds. The first-order valence-electron chi connectivity index (χ1n) is 11.4. The second-order valence-corrected chi connectivity index (χ2v) is 8.74. The number of nitro groups is 1. The first-order valence-corrected chi connectivity index (χ1v) is 11.8. The lowest BCUT2D eigenvalue weighted by molar-refractivity contribution is -0.386. The van der Waals surface area contributed by atoms with Crippen LogP contribution in [0.3, 0.4) is 0 Å². The van der Waals surface area contributed by atoms with Crippen molar-refractivity contribution in [3.63, 3.8) is 0 Å². The van der Waals surface area contributed by atoms with Crippen LogP contribution in [0.4, 0.5) is 18.9 Å². The van der Waals surface area contributed by atoms with Crippen molar-refractivity contribution >= 4 is 34.4 Å². The topological polar surface area (TPSA) is 99.6 Å². The Morgan fingerprint density at radius 3 is 2.61 bits per heavy atom. The van der Waals surface area contributed by atoms with E-state index in [-0.39, 0.29) is 44.7 Å². The van der Waals surface area contributed by atoms with Crippen molar-refractivity contribution in [3.05, 3.63) is 97.3 Å². The molecule has 4 rings (SSSR count). The van der Waals surface area contributed by atoms with Crippen LogP contribution in [-0.2, 0) is 6.18 Å². The highest BCUT2D eigenvalue weighted by molar-refractivity contribution is 6.32. The van der Waals surface area contributed by atoms with Crippen molar-refractivity contribution < 1.29 is 22.8 Å². The maximum Gasteiger partial charge on any atom is 0.416 e. The van der Waals surface area contributed by atoms with Crippen LogP contribution in [0, 0.1) is 10.1 Å². The molecule has 0 aliphatic carbocycles. The number of ether oxygens (including phenoxy) is 1. The highest BCUT2D eigenvalue weighted by Crippen LogP contribution is 2.37.